The number of benzene rings is 3. The summed E-state index contributed by atoms with van der Waals surface area (Å²) in [6.07, 6.45) is -0.419. The largest absolute Gasteiger partial charge is 0.480 e. The number of carbonyl (C=O) groups excluding carboxylic acids is 1. The van der Waals surface area contributed by atoms with E-state index in [1.54, 1.807) is 0 Å². The van der Waals surface area contributed by atoms with Gasteiger partial charge in [-0.25, -0.2) is 9.59 Å². The van der Waals surface area contributed by atoms with Crippen LogP contribution in [-0.2, 0) is 16.0 Å². The molecule has 0 heterocycles. The quantitative estimate of drug-likeness (QED) is 0.624. The van der Waals surface area contributed by atoms with Gasteiger partial charge in [-0.3, -0.25) is 4.90 Å². The third kappa shape index (κ3) is 4.17. The van der Waals surface area contributed by atoms with E-state index in [2.05, 4.69) is 24.3 Å². The molecule has 158 valence electrons. The number of ether oxygens (including phenoxy) is 1. The van der Waals surface area contributed by atoms with Gasteiger partial charge in [0.05, 0.1) is 0 Å². The van der Waals surface area contributed by atoms with Crippen molar-refractivity contribution >= 4 is 12.1 Å². The summed E-state index contributed by atoms with van der Waals surface area (Å²) in [5, 5.41) is 9.70. The summed E-state index contributed by atoms with van der Waals surface area (Å²) in [5.41, 5.74) is 6.49. The Morgan fingerprint density at radius 2 is 1.48 bits per heavy atom. The van der Waals surface area contributed by atoms with E-state index in [9.17, 15) is 14.7 Å². The average molecular weight is 415 g/mol. The minimum absolute atomic E-state index is 0.0647. The maximum Gasteiger partial charge on any atom is 0.410 e. The van der Waals surface area contributed by atoms with Crippen molar-refractivity contribution in [2.45, 2.75) is 25.3 Å². The van der Waals surface area contributed by atoms with Crippen LogP contribution in [0.2, 0.25) is 0 Å². The Bertz CT molecular complexity index is 1060. The number of nitrogens with zero attached hydrogens (tertiary/aromatic N) is 1. The van der Waals surface area contributed by atoms with Crippen LogP contribution in [0.3, 0.4) is 0 Å². The molecule has 3 aromatic carbocycles. The summed E-state index contributed by atoms with van der Waals surface area (Å²) in [4.78, 5) is 25.8. The van der Waals surface area contributed by atoms with E-state index in [4.69, 9.17) is 4.74 Å². The normalized spacial score (nSPS) is 13.2. The van der Waals surface area contributed by atoms with Gasteiger partial charge in [0.2, 0.25) is 0 Å². The number of hydrogen-bond donors (Lipinski definition) is 1. The predicted molar refractivity (Wildman–Crippen MR) is 119 cm³/mol. The second-order valence-corrected chi connectivity index (χ2v) is 7.96. The van der Waals surface area contributed by atoms with Crippen LogP contribution in [0.25, 0.3) is 11.1 Å². The van der Waals surface area contributed by atoms with Gasteiger partial charge in [-0.15, -0.1) is 0 Å². The Balaban J connectivity index is 1.47. The molecule has 0 saturated heterocycles. The van der Waals surface area contributed by atoms with E-state index in [1.807, 2.05) is 55.5 Å². The fourth-order valence-corrected chi connectivity index (χ4v) is 4.16. The molecule has 0 saturated carbocycles. The van der Waals surface area contributed by atoms with Crippen LogP contribution in [0.15, 0.2) is 72.8 Å². The summed E-state index contributed by atoms with van der Waals surface area (Å²) in [6.45, 7) is 2.13. The van der Waals surface area contributed by atoms with Crippen molar-refractivity contribution in [1.29, 1.82) is 0 Å². The number of amides is 1. The Morgan fingerprint density at radius 1 is 0.935 bits per heavy atom. The van der Waals surface area contributed by atoms with Crippen molar-refractivity contribution < 1.29 is 19.4 Å². The average Bonchev–Trinajstić information content (AvgIpc) is 3.10. The Kier molecular flexibility index (Phi) is 5.76. The lowest BCUT2D eigenvalue weighted by molar-refractivity contribution is -0.142. The molecule has 0 spiro atoms. The molecule has 0 fully saturated rings. The van der Waals surface area contributed by atoms with Crippen LogP contribution in [0, 0.1) is 6.92 Å². The van der Waals surface area contributed by atoms with Gasteiger partial charge in [-0.05, 0) is 34.7 Å². The highest BCUT2D eigenvalue weighted by molar-refractivity contribution is 5.81. The van der Waals surface area contributed by atoms with Crippen molar-refractivity contribution in [3.63, 3.8) is 0 Å². The fraction of sp³-hybridized carbons (Fsp3) is 0.231. The monoisotopic (exact) mass is 415 g/mol. The van der Waals surface area contributed by atoms with Gasteiger partial charge >= 0.3 is 12.1 Å². The van der Waals surface area contributed by atoms with E-state index < -0.39 is 18.1 Å². The molecule has 0 aliphatic heterocycles. The molecule has 0 radical (unpaired) electrons. The molecule has 5 nitrogen and oxygen atoms in total. The van der Waals surface area contributed by atoms with Crippen molar-refractivity contribution in [2.24, 2.45) is 0 Å². The number of fused-ring (bicyclic) bond motifs is 3. The molecule has 0 unspecified atom stereocenters. The predicted octanol–water partition coefficient (Wildman–Crippen LogP) is 4.87. The highest BCUT2D eigenvalue weighted by Gasteiger charge is 2.32. The molecule has 3 aromatic rings. The van der Waals surface area contributed by atoms with E-state index in [1.165, 1.54) is 11.9 Å². The lowest BCUT2D eigenvalue weighted by atomic mass is 9.98. The molecule has 0 aromatic heterocycles. The van der Waals surface area contributed by atoms with Crippen molar-refractivity contribution in [1.82, 2.24) is 4.90 Å². The molecule has 0 bridgehead atoms. The molecule has 1 aliphatic rings. The molecule has 5 heteroatoms. The lowest BCUT2D eigenvalue weighted by Gasteiger charge is -2.25. The molecule has 31 heavy (non-hydrogen) atoms. The zero-order chi connectivity index (χ0) is 22.0. The second kappa shape index (κ2) is 8.64. The second-order valence-electron chi connectivity index (χ2n) is 7.96. The highest BCUT2D eigenvalue weighted by atomic mass is 16.6. The Labute approximate surface area is 181 Å². The third-order valence-electron chi connectivity index (χ3n) is 5.93. The number of carboxylic acid groups (broad SMARTS) is 1. The number of hydrogen-bond acceptors (Lipinski definition) is 3. The van der Waals surface area contributed by atoms with Crippen molar-refractivity contribution in [3.05, 3.63) is 95.1 Å². The summed E-state index contributed by atoms with van der Waals surface area (Å²) in [5.74, 6) is -1.12. The number of rotatable bonds is 6. The van der Waals surface area contributed by atoms with Gasteiger partial charge in [0.1, 0.15) is 12.6 Å². The van der Waals surface area contributed by atoms with Crippen LogP contribution in [0.1, 0.15) is 28.2 Å². The van der Waals surface area contributed by atoms with Gasteiger partial charge in [0, 0.05) is 19.4 Å². The van der Waals surface area contributed by atoms with Crippen LogP contribution in [0.5, 0.6) is 0 Å². The summed E-state index contributed by atoms with van der Waals surface area (Å²) >= 11 is 0. The van der Waals surface area contributed by atoms with E-state index in [0.29, 0.717) is 0 Å². The lowest BCUT2D eigenvalue weighted by Crippen LogP contribution is -2.44. The minimum Gasteiger partial charge on any atom is -0.480 e. The maximum atomic E-state index is 12.8. The first kappa shape index (κ1) is 20.7. The van der Waals surface area contributed by atoms with Gasteiger partial charge in [-0.1, -0.05) is 78.4 Å². The Morgan fingerprint density at radius 3 is 2.03 bits per heavy atom. The van der Waals surface area contributed by atoms with Crippen LogP contribution >= 0.6 is 0 Å². The molecule has 1 atom stereocenters. The number of carbonyl (C=O) groups is 2. The first-order valence-corrected chi connectivity index (χ1v) is 10.3. The minimum atomic E-state index is -1.06. The molecular formula is C26H25NO4. The number of aliphatic carboxylic acids is 1. The highest BCUT2D eigenvalue weighted by Crippen LogP contribution is 2.44. The van der Waals surface area contributed by atoms with Gasteiger partial charge < -0.3 is 9.84 Å². The van der Waals surface area contributed by atoms with E-state index in [-0.39, 0.29) is 18.9 Å². The van der Waals surface area contributed by atoms with Crippen molar-refractivity contribution in [2.75, 3.05) is 13.7 Å². The SMILES string of the molecule is Cc1ccc(C[C@@H](C(=O)O)N(C)C(=O)OCC2c3ccccc3-c3ccccc32)cc1. The van der Waals surface area contributed by atoms with Gasteiger partial charge in [0.25, 0.3) is 0 Å². The van der Waals surface area contributed by atoms with Gasteiger partial charge in [0.15, 0.2) is 0 Å². The van der Waals surface area contributed by atoms with Crippen LogP contribution < -0.4 is 0 Å². The summed E-state index contributed by atoms with van der Waals surface area (Å²) in [6, 6.07) is 22.8. The smallest absolute Gasteiger partial charge is 0.410 e. The number of likely N-dealkylation sites (N-methyl/N-ethyl adjacent to an activating group) is 1. The zero-order valence-electron chi connectivity index (χ0n) is 17.6. The summed E-state index contributed by atoms with van der Waals surface area (Å²) in [7, 11) is 1.48. The maximum absolute atomic E-state index is 12.8. The number of carboxylic acids is 1. The number of aryl methyl sites for hydroxylation is 1. The molecular weight excluding hydrogens is 390 g/mol. The zero-order valence-corrected chi connectivity index (χ0v) is 17.6. The molecule has 1 amide bonds. The molecule has 4 rings (SSSR count). The van der Waals surface area contributed by atoms with Crippen LogP contribution in [0.4, 0.5) is 4.79 Å². The standard InChI is InChI=1S/C26H25NO4/c1-17-11-13-18(14-12-17)15-24(25(28)29)27(2)26(30)31-16-23-21-9-5-3-7-19(21)20-8-4-6-10-22(20)23/h3-14,23-24H,15-16H2,1-2H3,(H,28,29)/t24-/m0/s1. The van der Waals surface area contributed by atoms with E-state index in [0.717, 1.165) is 33.4 Å². The summed E-state index contributed by atoms with van der Waals surface area (Å²) < 4.78 is 5.61. The molecule has 1 aliphatic carbocycles. The Hall–Kier alpha value is -3.60. The van der Waals surface area contributed by atoms with Crippen molar-refractivity contribution in [3.8, 4) is 11.1 Å². The van der Waals surface area contributed by atoms with E-state index >= 15 is 0 Å². The first-order valence-electron chi connectivity index (χ1n) is 10.3. The third-order valence-corrected chi connectivity index (χ3v) is 5.93. The first-order chi connectivity index (χ1) is 15.0. The topological polar surface area (TPSA) is 66.8 Å². The van der Waals surface area contributed by atoms with Gasteiger partial charge in [-0.2, -0.15) is 0 Å². The fourth-order valence-electron chi connectivity index (χ4n) is 4.16. The molecule has 1 N–H and O–H groups in total. The van der Waals surface area contributed by atoms with Crippen LogP contribution in [-0.4, -0.2) is 41.8 Å².